The number of nitrogens with zero attached hydrogens (tertiary/aromatic N) is 5. The summed E-state index contributed by atoms with van der Waals surface area (Å²) in [6.45, 7) is 4.25. The summed E-state index contributed by atoms with van der Waals surface area (Å²) in [6.07, 6.45) is 3.68. The maximum absolute atomic E-state index is 12.4. The van der Waals surface area contributed by atoms with Gasteiger partial charge in [-0.3, -0.25) is 24.5 Å². The second kappa shape index (κ2) is 13.4. The summed E-state index contributed by atoms with van der Waals surface area (Å²) in [4.78, 5) is 39.3. The van der Waals surface area contributed by atoms with Crippen molar-refractivity contribution in [2.45, 2.75) is 13.1 Å². The fourth-order valence-electron chi connectivity index (χ4n) is 5.26. The van der Waals surface area contributed by atoms with Gasteiger partial charge in [-0.05, 0) is 61.6 Å². The van der Waals surface area contributed by atoms with E-state index < -0.39 is 0 Å². The minimum absolute atomic E-state index is 0.201. The van der Waals surface area contributed by atoms with E-state index in [0.29, 0.717) is 30.8 Å². The van der Waals surface area contributed by atoms with Crippen molar-refractivity contribution in [1.82, 2.24) is 24.7 Å². The largest absolute Gasteiger partial charge is 0.329 e. The molecule has 6 rings (SSSR count). The zero-order chi connectivity index (χ0) is 29.5. The van der Waals surface area contributed by atoms with Crippen molar-refractivity contribution >= 4 is 33.6 Å². The smallest absolute Gasteiger partial charge is 0.261 e. The lowest BCUT2D eigenvalue weighted by atomic mass is 10.1. The lowest BCUT2D eigenvalue weighted by molar-refractivity contribution is 0.0640. The Labute approximate surface area is 246 Å². The molecule has 0 unspecified atom stereocenters. The van der Waals surface area contributed by atoms with E-state index in [0.717, 1.165) is 36.1 Å². The topological polar surface area (TPSA) is 95.7 Å². The Kier molecular flexibility index (Phi) is 9.28. The molecule has 8 nitrogen and oxygen atoms in total. The number of hydrogen-bond donors (Lipinski definition) is 1. The van der Waals surface area contributed by atoms with Crippen molar-refractivity contribution in [3.8, 4) is 0 Å². The molecule has 8 heteroatoms. The number of carbonyl (C=O) groups is 2. The summed E-state index contributed by atoms with van der Waals surface area (Å²) in [7, 11) is 4.08. The molecule has 1 aliphatic rings. The first-order valence-electron chi connectivity index (χ1n) is 14.1. The fourth-order valence-corrected chi connectivity index (χ4v) is 5.26. The molecule has 0 aliphatic carbocycles. The molecule has 0 bridgehead atoms. The zero-order valence-electron chi connectivity index (χ0n) is 24.1. The molecular formula is C34H36N6O2. The minimum Gasteiger partial charge on any atom is -0.329 e. The molecule has 0 saturated carbocycles. The van der Waals surface area contributed by atoms with E-state index in [2.05, 4.69) is 51.1 Å². The first-order chi connectivity index (χ1) is 20.5. The number of imide groups is 1. The summed E-state index contributed by atoms with van der Waals surface area (Å²) in [5.41, 5.74) is 11.1. The van der Waals surface area contributed by atoms with E-state index in [9.17, 15) is 9.59 Å². The quantitative estimate of drug-likeness (QED) is 0.264. The van der Waals surface area contributed by atoms with E-state index in [4.69, 9.17) is 5.73 Å². The third-order valence-corrected chi connectivity index (χ3v) is 7.45. The molecule has 2 aromatic heterocycles. The Morgan fingerprint density at radius 3 is 1.60 bits per heavy atom. The van der Waals surface area contributed by atoms with Crippen molar-refractivity contribution in [3.63, 3.8) is 0 Å². The van der Waals surface area contributed by atoms with Crippen LogP contribution in [0.25, 0.3) is 21.8 Å². The van der Waals surface area contributed by atoms with E-state index >= 15 is 0 Å². The van der Waals surface area contributed by atoms with Crippen LogP contribution in [-0.2, 0) is 13.1 Å². The van der Waals surface area contributed by atoms with Crippen LogP contribution in [0.15, 0.2) is 97.3 Å². The lowest BCUT2D eigenvalue weighted by Crippen LogP contribution is -2.36. The number of pyridine rings is 2. The van der Waals surface area contributed by atoms with Gasteiger partial charge in [-0.1, -0.05) is 48.5 Å². The van der Waals surface area contributed by atoms with Crippen LogP contribution in [-0.4, -0.2) is 76.8 Å². The number of amides is 2. The van der Waals surface area contributed by atoms with Crippen molar-refractivity contribution < 1.29 is 9.59 Å². The Balaban J connectivity index is 0.000000189. The first-order valence-corrected chi connectivity index (χ1v) is 14.1. The molecule has 0 spiro atoms. The van der Waals surface area contributed by atoms with Crippen LogP contribution in [0.2, 0.25) is 0 Å². The zero-order valence-corrected chi connectivity index (χ0v) is 24.1. The Hall–Kier alpha value is -4.50. The highest BCUT2D eigenvalue weighted by Crippen LogP contribution is 2.23. The van der Waals surface area contributed by atoms with Gasteiger partial charge in [0.05, 0.1) is 22.2 Å². The first kappa shape index (κ1) is 29.0. The second-order valence-corrected chi connectivity index (χ2v) is 10.5. The van der Waals surface area contributed by atoms with Crippen LogP contribution in [0.1, 0.15) is 31.8 Å². The molecule has 42 heavy (non-hydrogen) atoms. The standard InChI is InChI=1S/C21H19N3O2.C13H17N3/c1-23(14-15-10-11-22-19-9-5-4-6-16(15)19)12-13-24-20(25)17-7-2-3-8-18(17)21(24)26;1-16(9-7-14)10-11-6-8-15-13-5-3-2-4-12(11)13/h2-11H,12-14H2,1H3;2-6,8H,7,9-10,14H2,1H3. The third-order valence-electron chi connectivity index (χ3n) is 7.45. The molecule has 214 valence electrons. The number of hydrogen-bond acceptors (Lipinski definition) is 7. The number of benzene rings is 3. The van der Waals surface area contributed by atoms with E-state index in [1.54, 1.807) is 24.3 Å². The van der Waals surface area contributed by atoms with Gasteiger partial charge in [0.25, 0.3) is 11.8 Å². The van der Waals surface area contributed by atoms with Gasteiger partial charge in [0.2, 0.25) is 0 Å². The maximum atomic E-state index is 12.4. The highest BCUT2D eigenvalue weighted by Gasteiger charge is 2.34. The van der Waals surface area contributed by atoms with E-state index in [1.807, 2.05) is 55.8 Å². The predicted octanol–water partition coefficient (Wildman–Crippen LogP) is 4.59. The molecule has 1 aliphatic heterocycles. The molecule has 0 saturated heterocycles. The fraction of sp³-hybridized carbons (Fsp3) is 0.235. The second-order valence-electron chi connectivity index (χ2n) is 10.5. The molecule has 0 atom stereocenters. The number of rotatable bonds is 9. The SMILES string of the molecule is CN(CCN)Cc1ccnc2ccccc12.CN(CCN1C(=O)c2ccccc2C1=O)Cc1ccnc2ccccc12. The molecule has 5 aromatic rings. The molecule has 3 aromatic carbocycles. The normalized spacial score (nSPS) is 12.7. The highest BCUT2D eigenvalue weighted by molar-refractivity contribution is 6.21. The van der Waals surface area contributed by atoms with Crippen molar-refractivity contribution in [1.29, 1.82) is 0 Å². The van der Waals surface area contributed by atoms with Gasteiger partial charge in [0.1, 0.15) is 0 Å². The molecule has 3 heterocycles. The monoisotopic (exact) mass is 560 g/mol. The van der Waals surface area contributed by atoms with Crippen molar-refractivity contribution in [2.24, 2.45) is 5.73 Å². The summed E-state index contributed by atoms with van der Waals surface area (Å²) < 4.78 is 0. The Bertz CT molecular complexity index is 1660. The maximum Gasteiger partial charge on any atom is 0.261 e. The van der Waals surface area contributed by atoms with Gasteiger partial charge in [-0.15, -0.1) is 0 Å². The molecule has 0 fully saturated rings. The Morgan fingerprint density at radius 2 is 1.10 bits per heavy atom. The molecule has 0 radical (unpaired) electrons. The van der Waals surface area contributed by atoms with Crippen LogP contribution in [0, 0.1) is 0 Å². The van der Waals surface area contributed by atoms with Gasteiger partial charge in [0, 0.05) is 62.4 Å². The van der Waals surface area contributed by atoms with Crippen LogP contribution in [0.3, 0.4) is 0 Å². The van der Waals surface area contributed by atoms with Gasteiger partial charge in [-0.2, -0.15) is 0 Å². The molecule has 2 amide bonds. The van der Waals surface area contributed by atoms with Crippen molar-refractivity contribution in [3.05, 3.63) is 120 Å². The van der Waals surface area contributed by atoms with Crippen LogP contribution >= 0.6 is 0 Å². The van der Waals surface area contributed by atoms with Gasteiger partial charge < -0.3 is 15.5 Å². The Morgan fingerprint density at radius 1 is 0.643 bits per heavy atom. The van der Waals surface area contributed by atoms with Crippen LogP contribution in [0.5, 0.6) is 0 Å². The molecule has 2 N–H and O–H groups in total. The van der Waals surface area contributed by atoms with Crippen molar-refractivity contribution in [2.75, 3.05) is 40.3 Å². The van der Waals surface area contributed by atoms with Crippen LogP contribution in [0.4, 0.5) is 0 Å². The summed E-state index contributed by atoms with van der Waals surface area (Å²) in [5, 5.41) is 2.36. The van der Waals surface area contributed by atoms with E-state index in [-0.39, 0.29) is 11.8 Å². The van der Waals surface area contributed by atoms with Gasteiger partial charge in [-0.25, -0.2) is 0 Å². The third kappa shape index (κ3) is 6.52. The number of fused-ring (bicyclic) bond motifs is 3. The average molecular weight is 561 g/mol. The lowest BCUT2D eigenvalue weighted by Gasteiger charge is -2.21. The summed E-state index contributed by atoms with van der Waals surface area (Å²) in [5.74, 6) is -0.401. The number of nitrogens with two attached hydrogens (primary N) is 1. The van der Waals surface area contributed by atoms with Gasteiger partial charge in [0.15, 0.2) is 0 Å². The number of para-hydroxylation sites is 2. The predicted molar refractivity (Wildman–Crippen MR) is 167 cm³/mol. The molecular weight excluding hydrogens is 524 g/mol. The minimum atomic E-state index is -0.201. The highest BCUT2D eigenvalue weighted by atomic mass is 16.2. The van der Waals surface area contributed by atoms with Gasteiger partial charge >= 0.3 is 0 Å². The number of likely N-dealkylation sites (N-methyl/N-ethyl adjacent to an activating group) is 2. The number of carbonyl (C=O) groups excluding carboxylic acids is 2. The van der Waals surface area contributed by atoms with E-state index in [1.165, 1.54) is 21.4 Å². The van der Waals surface area contributed by atoms with Crippen LogP contribution < -0.4 is 5.73 Å². The summed E-state index contributed by atoms with van der Waals surface area (Å²) in [6, 6.07) is 27.4. The average Bonchev–Trinajstić information content (AvgIpc) is 3.25. The number of aromatic nitrogens is 2. The summed E-state index contributed by atoms with van der Waals surface area (Å²) >= 11 is 0.